The fraction of sp³-hybridized carbons (Fsp3) is 1.00. The average Bonchev–Trinajstić information content (AvgIpc) is 1.98. The first-order valence-corrected chi connectivity index (χ1v) is 5.25. The summed E-state index contributed by atoms with van der Waals surface area (Å²) in [5, 5.41) is 0.514. The molecule has 0 unspecified atom stereocenters. The summed E-state index contributed by atoms with van der Waals surface area (Å²) in [5.41, 5.74) is 0. The van der Waals surface area contributed by atoms with E-state index in [0.29, 0.717) is 5.25 Å². The Labute approximate surface area is 75.6 Å². The fourth-order valence-corrected chi connectivity index (χ4v) is 1.26. The highest BCUT2D eigenvalue weighted by atomic mass is 32.1. The van der Waals surface area contributed by atoms with E-state index in [2.05, 4.69) is 32.2 Å². The van der Waals surface area contributed by atoms with Crippen molar-refractivity contribution in [2.45, 2.75) is 44.3 Å². The minimum absolute atomic E-state index is 0.514. The summed E-state index contributed by atoms with van der Waals surface area (Å²) in [4.78, 5) is 0. The third-order valence-electron chi connectivity index (χ3n) is 1.60. The lowest BCUT2D eigenvalue weighted by atomic mass is 10.1. The van der Waals surface area contributed by atoms with E-state index in [1.807, 2.05) is 0 Å². The molecule has 0 radical (unpaired) electrons. The van der Waals surface area contributed by atoms with Crippen molar-refractivity contribution in [2.75, 3.05) is 5.75 Å². The van der Waals surface area contributed by atoms with E-state index in [9.17, 15) is 0 Å². The summed E-state index contributed by atoms with van der Waals surface area (Å²) >= 11 is 8.52. The first-order valence-electron chi connectivity index (χ1n) is 4.10. The van der Waals surface area contributed by atoms with Crippen LogP contribution in [-0.4, -0.2) is 11.0 Å². The molecule has 0 aliphatic heterocycles. The van der Waals surface area contributed by atoms with Gasteiger partial charge in [-0.2, -0.15) is 25.3 Å². The average molecular weight is 178 g/mol. The Hall–Kier alpha value is 0.700. The molecule has 0 aliphatic rings. The zero-order valence-electron chi connectivity index (χ0n) is 6.71. The van der Waals surface area contributed by atoms with Crippen molar-refractivity contribution in [3.8, 4) is 0 Å². The molecule has 0 bridgehead atoms. The molecule has 1 atom stereocenters. The Bertz CT molecular complexity index is 64.3. The van der Waals surface area contributed by atoms with Crippen LogP contribution in [0.3, 0.4) is 0 Å². The van der Waals surface area contributed by atoms with Crippen LogP contribution in [0.5, 0.6) is 0 Å². The largest absolute Gasteiger partial charge is 0.178 e. The van der Waals surface area contributed by atoms with Crippen molar-refractivity contribution >= 4 is 25.3 Å². The first-order chi connectivity index (χ1) is 4.81. The summed E-state index contributed by atoms with van der Waals surface area (Å²) in [6, 6.07) is 0. The van der Waals surface area contributed by atoms with Crippen molar-refractivity contribution < 1.29 is 0 Å². The molecular weight excluding hydrogens is 160 g/mol. The third kappa shape index (κ3) is 6.81. The topological polar surface area (TPSA) is 0 Å². The van der Waals surface area contributed by atoms with Crippen LogP contribution in [0.15, 0.2) is 0 Å². The van der Waals surface area contributed by atoms with Gasteiger partial charge >= 0.3 is 0 Å². The van der Waals surface area contributed by atoms with Gasteiger partial charge in [0.05, 0.1) is 0 Å². The lowest BCUT2D eigenvalue weighted by Crippen LogP contribution is -1.99. The standard InChI is InChI=1S/C8H18S2/c1-2-3-4-5-6-8(10)7-9/h8-10H,2-7H2,1H3/t8-/m0/s1. The van der Waals surface area contributed by atoms with E-state index >= 15 is 0 Å². The Kier molecular flexibility index (Phi) is 8.35. The van der Waals surface area contributed by atoms with Gasteiger partial charge in [0.25, 0.3) is 0 Å². The summed E-state index contributed by atoms with van der Waals surface area (Å²) in [6.45, 7) is 2.23. The van der Waals surface area contributed by atoms with Gasteiger partial charge in [-0.05, 0) is 6.42 Å². The second kappa shape index (κ2) is 7.80. The Morgan fingerprint density at radius 1 is 1.20 bits per heavy atom. The van der Waals surface area contributed by atoms with E-state index in [-0.39, 0.29) is 0 Å². The minimum atomic E-state index is 0.514. The molecule has 0 aliphatic carbocycles. The molecule has 0 fully saturated rings. The molecule has 0 N–H and O–H groups in total. The smallest absolute Gasteiger partial charge is 0.0105 e. The summed E-state index contributed by atoms with van der Waals surface area (Å²) in [5.74, 6) is 0.912. The SMILES string of the molecule is CCCCCC[C@H](S)CS. The third-order valence-corrected chi connectivity index (χ3v) is 2.77. The maximum absolute atomic E-state index is 4.36. The molecule has 0 aromatic rings. The van der Waals surface area contributed by atoms with Crippen molar-refractivity contribution in [1.29, 1.82) is 0 Å². The predicted molar refractivity (Wildman–Crippen MR) is 55.4 cm³/mol. The quantitative estimate of drug-likeness (QED) is 0.453. The first kappa shape index (κ1) is 10.7. The van der Waals surface area contributed by atoms with Crippen LogP contribution in [0.25, 0.3) is 0 Å². The van der Waals surface area contributed by atoms with Gasteiger partial charge in [0.1, 0.15) is 0 Å². The molecular formula is C8H18S2. The molecule has 0 spiro atoms. The van der Waals surface area contributed by atoms with E-state index in [1.54, 1.807) is 0 Å². The molecule has 0 saturated heterocycles. The van der Waals surface area contributed by atoms with Gasteiger partial charge in [0.15, 0.2) is 0 Å². The summed E-state index contributed by atoms with van der Waals surface area (Å²) in [6.07, 6.45) is 6.60. The fourth-order valence-electron chi connectivity index (χ4n) is 0.898. The van der Waals surface area contributed by atoms with Gasteiger partial charge in [-0.1, -0.05) is 32.6 Å². The highest BCUT2D eigenvalue weighted by Gasteiger charge is 1.97. The summed E-state index contributed by atoms with van der Waals surface area (Å²) in [7, 11) is 0. The maximum atomic E-state index is 4.36. The zero-order chi connectivity index (χ0) is 7.82. The van der Waals surface area contributed by atoms with Crippen LogP contribution in [0.2, 0.25) is 0 Å². The highest BCUT2D eigenvalue weighted by Crippen LogP contribution is 2.10. The second-order valence-electron chi connectivity index (χ2n) is 2.69. The van der Waals surface area contributed by atoms with Crippen LogP contribution in [0, 0.1) is 0 Å². The molecule has 0 saturated carbocycles. The molecule has 0 aromatic carbocycles. The number of hydrogen-bond donors (Lipinski definition) is 2. The van der Waals surface area contributed by atoms with Crippen LogP contribution >= 0.6 is 25.3 Å². The predicted octanol–water partition coefficient (Wildman–Crippen LogP) is 3.19. The van der Waals surface area contributed by atoms with Crippen molar-refractivity contribution in [3.63, 3.8) is 0 Å². The van der Waals surface area contributed by atoms with Gasteiger partial charge in [-0.25, -0.2) is 0 Å². The number of rotatable bonds is 6. The Morgan fingerprint density at radius 3 is 2.40 bits per heavy atom. The van der Waals surface area contributed by atoms with E-state index in [1.165, 1.54) is 32.1 Å². The molecule has 62 valence electrons. The monoisotopic (exact) mass is 178 g/mol. The van der Waals surface area contributed by atoms with Gasteiger partial charge in [-0.15, -0.1) is 0 Å². The second-order valence-corrected chi connectivity index (χ2v) is 3.78. The van der Waals surface area contributed by atoms with Crippen LogP contribution in [0.1, 0.15) is 39.0 Å². The highest BCUT2D eigenvalue weighted by molar-refractivity contribution is 7.84. The van der Waals surface area contributed by atoms with Gasteiger partial charge in [-0.3, -0.25) is 0 Å². The molecule has 10 heavy (non-hydrogen) atoms. The van der Waals surface area contributed by atoms with E-state index < -0.39 is 0 Å². The van der Waals surface area contributed by atoms with Gasteiger partial charge in [0, 0.05) is 11.0 Å². The van der Waals surface area contributed by atoms with Crippen LogP contribution < -0.4 is 0 Å². The maximum Gasteiger partial charge on any atom is 0.0105 e. The van der Waals surface area contributed by atoms with Gasteiger partial charge in [0.2, 0.25) is 0 Å². The van der Waals surface area contributed by atoms with E-state index in [0.717, 1.165) is 5.75 Å². The number of hydrogen-bond acceptors (Lipinski definition) is 2. The number of thiol groups is 2. The molecule has 0 rings (SSSR count). The summed E-state index contributed by atoms with van der Waals surface area (Å²) < 4.78 is 0. The Balaban J connectivity index is 2.89. The van der Waals surface area contributed by atoms with Crippen molar-refractivity contribution in [3.05, 3.63) is 0 Å². The lowest BCUT2D eigenvalue weighted by Gasteiger charge is -2.05. The van der Waals surface area contributed by atoms with Crippen molar-refractivity contribution in [1.82, 2.24) is 0 Å². The normalized spacial score (nSPS) is 13.5. The number of unbranched alkanes of at least 4 members (excludes halogenated alkanes) is 3. The van der Waals surface area contributed by atoms with Crippen LogP contribution in [-0.2, 0) is 0 Å². The molecule has 0 aromatic heterocycles. The van der Waals surface area contributed by atoms with E-state index in [4.69, 9.17) is 0 Å². The lowest BCUT2D eigenvalue weighted by molar-refractivity contribution is 0.634. The Morgan fingerprint density at radius 2 is 1.90 bits per heavy atom. The molecule has 0 nitrogen and oxygen atoms in total. The molecule has 2 heteroatoms. The van der Waals surface area contributed by atoms with Crippen LogP contribution in [0.4, 0.5) is 0 Å². The molecule has 0 amide bonds. The minimum Gasteiger partial charge on any atom is -0.178 e. The van der Waals surface area contributed by atoms with Gasteiger partial charge < -0.3 is 0 Å². The van der Waals surface area contributed by atoms with Crippen molar-refractivity contribution in [2.24, 2.45) is 0 Å². The zero-order valence-corrected chi connectivity index (χ0v) is 8.50. The molecule has 0 heterocycles.